The van der Waals surface area contributed by atoms with E-state index in [-0.39, 0.29) is 35.6 Å². The Kier molecular flexibility index (Phi) is 7.80. The highest BCUT2D eigenvalue weighted by Crippen LogP contribution is 2.37. The molecule has 0 radical (unpaired) electrons. The molecule has 0 spiro atoms. The maximum Gasteiger partial charge on any atom is 0.251 e. The minimum absolute atomic E-state index is 0.00750. The second kappa shape index (κ2) is 10.6. The number of aldehydes is 1. The van der Waals surface area contributed by atoms with Gasteiger partial charge in [-0.05, 0) is 32.9 Å². The number of carbonyl (C=O) groups excluding carboxylic acids is 2. The number of nitrogens with zero attached hydrogens (tertiary/aromatic N) is 5. The highest BCUT2D eigenvalue weighted by molar-refractivity contribution is 5.92. The van der Waals surface area contributed by atoms with Crippen LogP contribution in [0.2, 0.25) is 0 Å². The van der Waals surface area contributed by atoms with Gasteiger partial charge in [-0.1, -0.05) is 0 Å². The predicted octanol–water partition coefficient (Wildman–Crippen LogP) is 1.69. The molecule has 180 valence electrons. The Morgan fingerprint density at radius 2 is 2.06 bits per heavy atom. The van der Waals surface area contributed by atoms with Crippen LogP contribution in [-0.4, -0.2) is 75.4 Å². The first-order valence-corrected chi connectivity index (χ1v) is 10.5. The summed E-state index contributed by atoms with van der Waals surface area (Å²) in [7, 11) is 1.47. The van der Waals surface area contributed by atoms with Crippen LogP contribution < -0.4 is 10.6 Å². The fourth-order valence-electron chi connectivity index (χ4n) is 3.73. The molecule has 3 N–H and O–H groups in total. The standard InChI is InChI=1S/C22H25F2N7O3/c1-22(34)4-14(5-22)21(33)30-20-9-27-18(8-28-20)13-3-16(17(6-25)26-7-13)29-15(12-32)10-31(2)11-19(23)24/h3,7-9,12,14-15,19,29,34H,4-5,10-11H2,1-2H3,(H,28,30,33)/t14?,15-,22?/m0/s1. The topological polar surface area (TPSA) is 144 Å². The lowest BCUT2D eigenvalue weighted by Crippen LogP contribution is -2.46. The number of rotatable bonds is 10. The van der Waals surface area contributed by atoms with Crippen LogP contribution in [-0.2, 0) is 9.59 Å². The van der Waals surface area contributed by atoms with Crippen LogP contribution in [0.25, 0.3) is 11.3 Å². The lowest BCUT2D eigenvalue weighted by molar-refractivity contribution is -0.133. The van der Waals surface area contributed by atoms with Crippen molar-refractivity contribution in [3.63, 3.8) is 0 Å². The smallest absolute Gasteiger partial charge is 0.251 e. The molecule has 1 saturated carbocycles. The molecule has 3 rings (SSSR count). The number of pyridine rings is 1. The fourth-order valence-corrected chi connectivity index (χ4v) is 3.73. The van der Waals surface area contributed by atoms with Gasteiger partial charge in [-0.15, -0.1) is 0 Å². The number of carbonyl (C=O) groups is 2. The zero-order valence-electron chi connectivity index (χ0n) is 18.7. The summed E-state index contributed by atoms with van der Waals surface area (Å²) in [5, 5.41) is 24.7. The van der Waals surface area contributed by atoms with E-state index in [9.17, 15) is 28.7 Å². The number of aliphatic hydroxyl groups is 1. The van der Waals surface area contributed by atoms with Crippen LogP contribution in [0.5, 0.6) is 0 Å². The number of aromatic nitrogens is 3. The maximum atomic E-state index is 12.6. The molecule has 0 saturated heterocycles. The van der Waals surface area contributed by atoms with Crippen LogP contribution in [0.4, 0.5) is 20.3 Å². The van der Waals surface area contributed by atoms with Crippen molar-refractivity contribution in [2.45, 2.75) is 37.8 Å². The first-order chi connectivity index (χ1) is 16.1. The molecular weight excluding hydrogens is 448 g/mol. The maximum absolute atomic E-state index is 12.6. The van der Waals surface area contributed by atoms with Crippen LogP contribution in [0, 0.1) is 17.2 Å². The van der Waals surface area contributed by atoms with Crippen LogP contribution in [0.1, 0.15) is 25.5 Å². The molecule has 34 heavy (non-hydrogen) atoms. The highest BCUT2D eigenvalue weighted by atomic mass is 19.3. The molecule has 1 atom stereocenters. The van der Waals surface area contributed by atoms with Crippen molar-refractivity contribution in [1.29, 1.82) is 5.26 Å². The second-order valence-corrected chi connectivity index (χ2v) is 8.61. The van der Waals surface area contributed by atoms with E-state index in [1.54, 1.807) is 13.0 Å². The molecule has 1 fully saturated rings. The van der Waals surface area contributed by atoms with Gasteiger partial charge in [0.1, 0.15) is 12.4 Å². The number of amides is 1. The number of halogens is 2. The molecule has 2 heterocycles. The van der Waals surface area contributed by atoms with Crippen molar-refractivity contribution in [3.8, 4) is 17.3 Å². The molecule has 0 unspecified atom stereocenters. The molecule has 1 aliphatic rings. The quantitative estimate of drug-likeness (QED) is 0.439. The average Bonchev–Trinajstić information content (AvgIpc) is 2.76. The van der Waals surface area contributed by atoms with Crippen molar-refractivity contribution in [3.05, 3.63) is 30.4 Å². The average molecular weight is 473 g/mol. The molecule has 2 aromatic rings. The lowest BCUT2D eigenvalue weighted by atomic mass is 9.72. The van der Waals surface area contributed by atoms with Gasteiger partial charge in [0, 0.05) is 24.2 Å². The van der Waals surface area contributed by atoms with E-state index in [1.807, 2.05) is 6.07 Å². The first kappa shape index (κ1) is 25.1. The van der Waals surface area contributed by atoms with Gasteiger partial charge in [-0.25, -0.2) is 18.7 Å². The SMILES string of the molecule is CN(CC(F)F)C[C@@H](C=O)Nc1cc(-c2cnc(NC(=O)C3CC(C)(O)C3)cn2)cnc1C#N. The number of nitrogens with one attached hydrogen (secondary N) is 2. The van der Waals surface area contributed by atoms with Gasteiger partial charge >= 0.3 is 0 Å². The van der Waals surface area contributed by atoms with E-state index in [4.69, 9.17) is 0 Å². The zero-order valence-corrected chi connectivity index (χ0v) is 18.7. The molecule has 2 aromatic heterocycles. The Morgan fingerprint density at radius 3 is 2.62 bits per heavy atom. The van der Waals surface area contributed by atoms with E-state index >= 15 is 0 Å². The van der Waals surface area contributed by atoms with Gasteiger partial charge in [0.2, 0.25) is 5.91 Å². The second-order valence-electron chi connectivity index (χ2n) is 8.61. The predicted molar refractivity (Wildman–Crippen MR) is 119 cm³/mol. The van der Waals surface area contributed by atoms with Gasteiger partial charge < -0.3 is 20.5 Å². The van der Waals surface area contributed by atoms with Crippen molar-refractivity contribution in [2.24, 2.45) is 5.92 Å². The minimum Gasteiger partial charge on any atom is -0.390 e. The third-order valence-corrected chi connectivity index (χ3v) is 5.40. The van der Waals surface area contributed by atoms with Crippen molar-refractivity contribution < 1.29 is 23.5 Å². The zero-order chi connectivity index (χ0) is 24.9. The third-order valence-electron chi connectivity index (χ3n) is 5.40. The van der Waals surface area contributed by atoms with Crippen molar-refractivity contribution in [1.82, 2.24) is 19.9 Å². The van der Waals surface area contributed by atoms with Gasteiger partial charge in [0.25, 0.3) is 6.43 Å². The molecule has 0 aromatic carbocycles. The van der Waals surface area contributed by atoms with E-state index in [0.717, 1.165) is 0 Å². The normalized spacial score (nSPS) is 20.4. The number of hydrogen-bond acceptors (Lipinski definition) is 9. The molecule has 12 heteroatoms. The fraction of sp³-hybridized carbons (Fsp3) is 0.455. The van der Waals surface area contributed by atoms with Gasteiger partial charge in [0.15, 0.2) is 11.5 Å². The minimum atomic E-state index is -2.54. The van der Waals surface area contributed by atoms with E-state index in [1.165, 1.54) is 30.5 Å². The lowest BCUT2D eigenvalue weighted by Gasteiger charge is -2.39. The Hall–Kier alpha value is -3.56. The summed E-state index contributed by atoms with van der Waals surface area (Å²) in [5.74, 6) is -0.265. The Bertz CT molecular complexity index is 1070. The van der Waals surface area contributed by atoms with E-state index < -0.39 is 24.6 Å². The summed E-state index contributed by atoms with van der Waals surface area (Å²) in [6, 6.07) is 2.64. The van der Waals surface area contributed by atoms with Gasteiger partial charge in [0.05, 0.1) is 42.0 Å². The molecular formula is C22H25F2N7O3. The third kappa shape index (κ3) is 6.49. The summed E-state index contributed by atoms with van der Waals surface area (Å²) >= 11 is 0. The molecule has 0 bridgehead atoms. The number of anilines is 2. The number of likely N-dealkylation sites (N-methyl/N-ethyl adjacent to an activating group) is 1. The van der Waals surface area contributed by atoms with E-state index in [0.29, 0.717) is 30.4 Å². The largest absolute Gasteiger partial charge is 0.390 e. The molecule has 1 amide bonds. The number of alkyl halides is 2. The van der Waals surface area contributed by atoms with E-state index in [2.05, 4.69) is 25.6 Å². The van der Waals surface area contributed by atoms with Gasteiger partial charge in [-0.3, -0.25) is 14.7 Å². The monoisotopic (exact) mass is 473 g/mol. The molecule has 0 aliphatic heterocycles. The Labute approximate surface area is 195 Å². The van der Waals surface area contributed by atoms with Gasteiger partial charge in [-0.2, -0.15) is 5.26 Å². The molecule has 1 aliphatic carbocycles. The Morgan fingerprint density at radius 1 is 1.32 bits per heavy atom. The summed E-state index contributed by atoms with van der Waals surface area (Å²) in [6.45, 7) is 1.20. The highest BCUT2D eigenvalue weighted by Gasteiger charge is 2.42. The number of hydrogen-bond donors (Lipinski definition) is 3. The van der Waals surface area contributed by atoms with Crippen LogP contribution in [0.15, 0.2) is 24.7 Å². The summed E-state index contributed by atoms with van der Waals surface area (Å²) < 4.78 is 25.1. The first-order valence-electron chi connectivity index (χ1n) is 10.5. The molecule has 10 nitrogen and oxygen atoms in total. The summed E-state index contributed by atoms with van der Waals surface area (Å²) in [4.78, 5) is 37.5. The number of nitriles is 1. The van der Waals surface area contributed by atoms with Crippen LogP contribution in [0.3, 0.4) is 0 Å². The van der Waals surface area contributed by atoms with Crippen LogP contribution >= 0.6 is 0 Å². The summed E-state index contributed by atoms with van der Waals surface area (Å²) in [5.41, 5.74) is 0.362. The summed E-state index contributed by atoms with van der Waals surface area (Å²) in [6.07, 6.45) is 3.03. The van der Waals surface area contributed by atoms with Crippen molar-refractivity contribution in [2.75, 3.05) is 30.8 Å². The Balaban J connectivity index is 1.70. The van der Waals surface area contributed by atoms with Crippen molar-refractivity contribution >= 4 is 23.7 Å².